The number of aromatic nitrogens is 4. The van der Waals surface area contributed by atoms with Gasteiger partial charge in [0.25, 0.3) is 0 Å². The fraction of sp³-hybridized carbons (Fsp3) is 0.211. The molecule has 0 spiro atoms. The number of hydrogen-bond donors (Lipinski definition) is 0. The number of halogens is 2. The smallest absolute Gasteiger partial charge is 0.181 e. The van der Waals surface area contributed by atoms with E-state index in [-0.39, 0.29) is 5.82 Å². The maximum atomic E-state index is 13.1. The van der Waals surface area contributed by atoms with Gasteiger partial charge in [-0.05, 0) is 59.0 Å². The first kappa shape index (κ1) is 17.7. The Morgan fingerprint density at radius 2 is 1.56 bits per heavy atom. The van der Waals surface area contributed by atoms with Crippen molar-refractivity contribution in [2.45, 2.75) is 0 Å². The average molecular weight is 429 g/mol. The van der Waals surface area contributed by atoms with E-state index in [1.165, 1.54) is 12.1 Å². The lowest BCUT2D eigenvalue weighted by atomic mass is 10.2. The zero-order valence-corrected chi connectivity index (χ0v) is 16.1. The first-order valence-electron chi connectivity index (χ1n) is 8.66. The van der Waals surface area contributed by atoms with Crippen molar-refractivity contribution >= 4 is 27.7 Å². The predicted molar refractivity (Wildman–Crippen MR) is 106 cm³/mol. The highest BCUT2D eigenvalue weighted by Gasteiger charge is 2.15. The van der Waals surface area contributed by atoms with E-state index in [0.717, 1.165) is 42.0 Å². The van der Waals surface area contributed by atoms with Gasteiger partial charge in [0, 0.05) is 48.6 Å². The first-order chi connectivity index (χ1) is 13.2. The predicted octanol–water partition coefficient (Wildman–Crippen LogP) is 3.36. The van der Waals surface area contributed by atoms with Gasteiger partial charge in [-0.3, -0.25) is 0 Å². The van der Waals surface area contributed by atoms with Crippen molar-refractivity contribution in [2.75, 3.05) is 31.1 Å². The standard InChI is InChI=1S/C19H18BrFN6/c20-15-1-5-18(6-2-15)27-19(22-23-24-27)9-10-25-11-13-26(14-12-25)17-7-3-16(21)4-8-17/h1-10H,11-14H2/b10-9-. The SMILES string of the molecule is Fc1ccc(N2CCN(/C=C\c3nnnn3-c3ccc(Br)cc3)CC2)cc1. The second kappa shape index (κ2) is 7.87. The Labute approximate surface area is 165 Å². The Bertz CT molecular complexity index is 914. The van der Waals surface area contributed by atoms with E-state index >= 15 is 0 Å². The Morgan fingerprint density at radius 1 is 0.889 bits per heavy atom. The third-order valence-electron chi connectivity index (χ3n) is 4.51. The Hall–Kier alpha value is -2.74. The molecule has 0 atom stereocenters. The number of benzene rings is 2. The number of nitrogens with zero attached hydrogens (tertiary/aromatic N) is 6. The highest BCUT2D eigenvalue weighted by atomic mass is 79.9. The number of tetrazole rings is 1. The molecule has 0 bridgehead atoms. The molecule has 0 unspecified atom stereocenters. The van der Waals surface area contributed by atoms with Crippen LogP contribution in [0.3, 0.4) is 0 Å². The summed E-state index contributed by atoms with van der Waals surface area (Å²) >= 11 is 3.43. The van der Waals surface area contributed by atoms with E-state index in [1.54, 1.807) is 4.68 Å². The summed E-state index contributed by atoms with van der Waals surface area (Å²) in [5.41, 5.74) is 1.96. The van der Waals surface area contributed by atoms with E-state index in [4.69, 9.17) is 0 Å². The maximum Gasteiger partial charge on any atom is 0.181 e. The normalized spacial score (nSPS) is 14.9. The van der Waals surface area contributed by atoms with Crippen molar-refractivity contribution < 1.29 is 4.39 Å². The molecular weight excluding hydrogens is 411 g/mol. The minimum Gasteiger partial charge on any atom is -0.374 e. The molecule has 1 fully saturated rings. The van der Waals surface area contributed by atoms with Crippen LogP contribution in [0.5, 0.6) is 0 Å². The Balaban J connectivity index is 1.40. The van der Waals surface area contributed by atoms with Gasteiger partial charge in [-0.15, -0.1) is 5.10 Å². The summed E-state index contributed by atoms with van der Waals surface area (Å²) < 4.78 is 15.8. The lowest BCUT2D eigenvalue weighted by Gasteiger charge is -2.35. The average Bonchev–Trinajstić information content (AvgIpc) is 3.17. The highest BCUT2D eigenvalue weighted by Crippen LogP contribution is 2.18. The molecule has 1 aliphatic rings. The summed E-state index contributed by atoms with van der Waals surface area (Å²) in [6.07, 6.45) is 3.96. The fourth-order valence-electron chi connectivity index (χ4n) is 3.02. The molecule has 0 N–H and O–H groups in total. The molecule has 0 aliphatic carbocycles. The van der Waals surface area contributed by atoms with Gasteiger partial charge in [0.15, 0.2) is 5.82 Å². The summed E-state index contributed by atoms with van der Waals surface area (Å²) in [6.45, 7) is 3.53. The van der Waals surface area contributed by atoms with Gasteiger partial charge in [0.1, 0.15) is 5.82 Å². The molecule has 1 aliphatic heterocycles. The van der Waals surface area contributed by atoms with Crippen LogP contribution in [0.25, 0.3) is 11.8 Å². The van der Waals surface area contributed by atoms with Crippen LogP contribution in [0, 0.1) is 5.82 Å². The van der Waals surface area contributed by atoms with E-state index in [9.17, 15) is 4.39 Å². The highest BCUT2D eigenvalue weighted by molar-refractivity contribution is 9.10. The lowest BCUT2D eigenvalue weighted by molar-refractivity contribution is 0.351. The van der Waals surface area contributed by atoms with Gasteiger partial charge >= 0.3 is 0 Å². The molecule has 27 heavy (non-hydrogen) atoms. The van der Waals surface area contributed by atoms with Gasteiger partial charge in [-0.1, -0.05) is 15.9 Å². The van der Waals surface area contributed by atoms with Crippen LogP contribution >= 0.6 is 15.9 Å². The van der Waals surface area contributed by atoms with Crippen molar-refractivity contribution in [1.29, 1.82) is 0 Å². The molecule has 3 aromatic rings. The van der Waals surface area contributed by atoms with E-state index in [0.29, 0.717) is 5.82 Å². The summed E-state index contributed by atoms with van der Waals surface area (Å²) in [5.74, 6) is 0.474. The zero-order chi connectivity index (χ0) is 18.6. The largest absolute Gasteiger partial charge is 0.374 e. The van der Waals surface area contributed by atoms with Gasteiger partial charge in [-0.2, -0.15) is 4.68 Å². The van der Waals surface area contributed by atoms with Crippen molar-refractivity contribution in [3.63, 3.8) is 0 Å². The zero-order valence-electron chi connectivity index (χ0n) is 14.5. The van der Waals surface area contributed by atoms with E-state index in [1.807, 2.05) is 48.7 Å². The van der Waals surface area contributed by atoms with E-state index in [2.05, 4.69) is 41.3 Å². The quantitative estimate of drug-likeness (QED) is 0.637. The van der Waals surface area contributed by atoms with Crippen molar-refractivity contribution in [3.8, 4) is 5.69 Å². The molecular formula is C19H18BrFN6. The monoisotopic (exact) mass is 428 g/mol. The van der Waals surface area contributed by atoms with Crippen LogP contribution < -0.4 is 4.90 Å². The summed E-state index contributed by atoms with van der Waals surface area (Å²) in [6, 6.07) is 14.5. The molecule has 0 saturated carbocycles. The molecule has 2 aromatic carbocycles. The summed E-state index contributed by atoms with van der Waals surface area (Å²) in [5, 5.41) is 12.0. The van der Waals surface area contributed by atoms with Gasteiger partial charge in [0.2, 0.25) is 0 Å². The maximum absolute atomic E-state index is 13.1. The number of anilines is 1. The van der Waals surface area contributed by atoms with Gasteiger partial charge < -0.3 is 9.80 Å². The first-order valence-corrected chi connectivity index (χ1v) is 9.45. The minimum absolute atomic E-state index is 0.205. The second-order valence-corrected chi connectivity index (χ2v) is 7.16. The number of piperazine rings is 1. The Morgan fingerprint density at radius 3 is 2.26 bits per heavy atom. The van der Waals surface area contributed by atoms with Crippen molar-refractivity contribution in [1.82, 2.24) is 25.1 Å². The fourth-order valence-corrected chi connectivity index (χ4v) is 3.28. The second-order valence-electron chi connectivity index (χ2n) is 6.24. The van der Waals surface area contributed by atoms with Gasteiger partial charge in [-0.25, -0.2) is 4.39 Å². The molecule has 1 saturated heterocycles. The molecule has 8 heteroatoms. The summed E-state index contributed by atoms with van der Waals surface area (Å²) in [4.78, 5) is 4.50. The number of rotatable bonds is 4. The van der Waals surface area contributed by atoms with Crippen LogP contribution in [0.4, 0.5) is 10.1 Å². The van der Waals surface area contributed by atoms with Crippen LogP contribution in [0.1, 0.15) is 5.82 Å². The molecule has 0 amide bonds. The molecule has 1 aromatic heterocycles. The van der Waals surface area contributed by atoms with Crippen molar-refractivity contribution in [3.05, 3.63) is 70.8 Å². The molecule has 4 rings (SSSR count). The molecule has 2 heterocycles. The van der Waals surface area contributed by atoms with E-state index < -0.39 is 0 Å². The minimum atomic E-state index is -0.205. The number of hydrogen-bond acceptors (Lipinski definition) is 5. The lowest BCUT2D eigenvalue weighted by Crippen LogP contribution is -2.44. The molecule has 6 nitrogen and oxygen atoms in total. The molecule has 0 radical (unpaired) electrons. The Kier molecular flexibility index (Phi) is 5.15. The van der Waals surface area contributed by atoms with Crippen LogP contribution in [0.2, 0.25) is 0 Å². The van der Waals surface area contributed by atoms with Crippen LogP contribution in [0.15, 0.2) is 59.2 Å². The third-order valence-corrected chi connectivity index (χ3v) is 5.03. The van der Waals surface area contributed by atoms with Crippen LogP contribution in [-0.4, -0.2) is 51.3 Å². The van der Waals surface area contributed by atoms with Gasteiger partial charge in [0.05, 0.1) is 5.69 Å². The summed E-state index contributed by atoms with van der Waals surface area (Å²) in [7, 11) is 0. The third kappa shape index (κ3) is 4.16. The molecule has 138 valence electrons. The topological polar surface area (TPSA) is 50.1 Å². The van der Waals surface area contributed by atoms with Crippen molar-refractivity contribution in [2.24, 2.45) is 0 Å². The van der Waals surface area contributed by atoms with Crippen LogP contribution in [-0.2, 0) is 0 Å².